The van der Waals surface area contributed by atoms with Crippen molar-refractivity contribution in [2.75, 3.05) is 0 Å². The summed E-state index contributed by atoms with van der Waals surface area (Å²) in [5, 5.41) is 8.24. The van der Waals surface area contributed by atoms with Gasteiger partial charge in [0, 0.05) is 14.1 Å². The van der Waals surface area contributed by atoms with E-state index in [0.29, 0.717) is 0 Å². The van der Waals surface area contributed by atoms with Crippen LogP contribution < -0.4 is 0 Å². The maximum atomic E-state index is 10.0. The van der Waals surface area contributed by atoms with E-state index in [1.54, 1.807) is 6.08 Å². The Bertz CT molecular complexity index is 144. The van der Waals surface area contributed by atoms with Crippen LogP contribution in [-0.2, 0) is 4.79 Å². The van der Waals surface area contributed by atoms with Gasteiger partial charge in [0.25, 0.3) is 0 Å². The van der Waals surface area contributed by atoms with Crippen LogP contribution in [0.2, 0.25) is 25.7 Å². The summed E-state index contributed by atoms with van der Waals surface area (Å²) < 4.78 is 0. The third-order valence-electron chi connectivity index (χ3n) is 0.991. The van der Waals surface area contributed by atoms with Crippen LogP contribution in [0.5, 0.6) is 0 Å². The van der Waals surface area contributed by atoms with Gasteiger partial charge < -0.3 is 5.11 Å². The van der Waals surface area contributed by atoms with Gasteiger partial charge in [-0.1, -0.05) is 25.7 Å². The summed E-state index contributed by atoms with van der Waals surface area (Å²) >= 11 is 0. The lowest BCUT2D eigenvalue weighted by molar-refractivity contribution is -0.131. The lowest BCUT2D eigenvalue weighted by atomic mass is 10.5. The van der Waals surface area contributed by atoms with Crippen molar-refractivity contribution in [3.05, 3.63) is 12.2 Å². The summed E-state index contributed by atoms with van der Waals surface area (Å²) in [4.78, 5) is 10.0. The van der Waals surface area contributed by atoms with Gasteiger partial charge in [0.2, 0.25) is 0 Å². The molecule has 1 N–H and O–H groups in total. The molecule has 0 unspecified atom stereocenters. The number of carboxylic acid groups (broad SMARTS) is 1. The van der Waals surface area contributed by atoms with Crippen molar-refractivity contribution in [2.45, 2.75) is 25.7 Å². The Kier molecular flexibility index (Phi) is 3.36. The van der Waals surface area contributed by atoms with E-state index in [2.05, 4.69) is 19.6 Å². The molecule has 0 aromatic heterocycles. The molecule has 2 nitrogen and oxygen atoms in total. The monoisotopic (exact) mass is 158 g/mol. The Balaban J connectivity index is 3.64. The van der Waals surface area contributed by atoms with E-state index >= 15 is 0 Å². The van der Waals surface area contributed by atoms with Crippen LogP contribution in [0.15, 0.2) is 12.2 Å². The van der Waals surface area contributed by atoms with E-state index in [4.69, 9.17) is 5.11 Å². The van der Waals surface area contributed by atoms with E-state index in [-0.39, 0.29) is 0 Å². The second-order valence-electron chi connectivity index (χ2n) is 3.51. The standard InChI is InChI=1S/C7H14O2Si/c1-10(2,3)6-4-5-7(8)9/h4-5H,6H2,1-3H3,(H,8,9). The highest BCUT2D eigenvalue weighted by atomic mass is 28.3. The Labute approximate surface area is 62.6 Å². The Morgan fingerprint density at radius 2 is 2.00 bits per heavy atom. The molecule has 0 saturated carbocycles. The van der Waals surface area contributed by atoms with Crippen molar-refractivity contribution in [1.82, 2.24) is 0 Å². The van der Waals surface area contributed by atoms with Gasteiger partial charge in [-0.2, -0.15) is 0 Å². The van der Waals surface area contributed by atoms with Crippen molar-refractivity contribution >= 4 is 14.0 Å². The van der Waals surface area contributed by atoms with Crippen molar-refractivity contribution in [2.24, 2.45) is 0 Å². The van der Waals surface area contributed by atoms with Crippen LogP contribution in [-0.4, -0.2) is 19.1 Å². The zero-order chi connectivity index (χ0) is 8.20. The summed E-state index contributed by atoms with van der Waals surface area (Å²) in [6.45, 7) is 6.62. The minimum absolute atomic E-state index is 0.849. The van der Waals surface area contributed by atoms with Crippen LogP contribution in [0.4, 0.5) is 0 Å². The van der Waals surface area contributed by atoms with Gasteiger partial charge in [0.05, 0.1) is 0 Å². The zero-order valence-corrected chi connectivity index (χ0v) is 7.72. The Morgan fingerprint density at radius 3 is 2.30 bits per heavy atom. The first kappa shape index (κ1) is 9.43. The molecule has 0 aliphatic rings. The first-order chi connectivity index (χ1) is 4.42. The lowest BCUT2D eigenvalue weighted by Crippen LogP contribution is -2.17. The molecular weight excluding hydrogens is 144 g/mol. The lowest BCUT2D eigenvalue weighted by Gasteiger charge is -2.10. The molecule has 0 radical (unpaired) electrons. The molecule has 3 heteroatoms. The summed E-state index contributed by atoms with van der Waals surface area (Å²) in [5.74, 6) is -0.849. The number of carboxylic acids is 1. The van der Waals surface area contributed by atoms with Crippen LogP contribution in [0.1, 0.15) is 0 Å². The number of hydrogen-bond donors (Lipinski definition) is 1. The molecule has 0 amide bonds. The molecule has 58 valence electrons. The molecule has 0 atom stereocenters. The minimum atomic E-state index is -1.07. The van der Waals surface area contributed by atoms with E-state index in [1.165, 1.54) is 6.08 Å². The fourth-order valence-electron chi connectivity index (χ4n) is 0.513. The molecule has 0 aromatic rings. The molecule has 0 heterocycles. The van der Waals surface area contributed by atoms with E-state index in [0.717, 1.165) is 6.04 Å². The number of carbonyl (C=O) groups is 1. The summed E-state index contributed by atoms with van der Waals surface area (Å²) in [6.07, 6.45) is 2.97. The minimum Gasteiger partial charge on any atom is -0.478 e. The normalized spacial score (nSPS) is 12.3. The fraction of sp³-hybridized carbons (Fsp3) is 0.571. The second-order valence-corrected chi connectivity index (χ2v) is 9.03. The number of hydrogen-bond acceptors (Lipinski definition) is 1. The summed E-state index contributed by atoms with van der Waals surface area (Å²) in [5.41, 5.74) is 0. The highest BCUT2D eigenvalue weighted by Gasteiger charge is 2.09. The predicted molar refractivity (Wildman–Crippen MR) is 44.9 cm³/mol. The first-order valence-electron chi connectivity index (χ1n) is 3.31. The molecule has 0 fully saturated rings. The van der Waals surface area contributed by atoms with Gasteiger partial charge in [-0.05, 0) is 6.04 Å². The molecule has 0 rings (SSSR count). The molecule has 0 aliphatic carbocycles. The highest BCUT2D eigenvalue weighted by Crippen LogP contribution is 2.07. The average molecular weight is 158 g/mol. The molecule has 0 saturated heterocycles. The van der Waals surface area contributed by atoms with Crippen molar-refractivity contribution in [1.29, 1.82) is 0 Å². The Morgan fingerprint density at radius 1 is 1.50 bits per heavy atom. The van der Waals surface area contributed by atoms with Gasteiger partial charge in [-0.15, -0.1) is 0 Å². The molecule has 10 heavy (non-hydrogen) atoms. The first-order valence-corrected chi connectivity index (χ1v) is 7.02. The van der Waals surface area contributed by atoms with Gasteiger partial charge in [0.1, 0.15) is 0 Å². The number of allylic oxidation sites excluding steroid dienone is 1. The largest absolute Gasteiger partial charge is 0.478 e. The zero-order valence-electron chi connectivity index (χ0n) is 6.72. The van der Waals surface area contributed by atoms with E-state index < -0.39 is 14.0 Å². The van der Waals surface area contributed by atoms with Crippen molar-refractivity contribution in [3.8, 4) is 0 Å². The maximum absolute atomic E-state index is 10.0. The molecular formula is C7H14O2Si. The summed E-state index contributed by atoms with van der Waals surface area (Å²) in [6, 6.07) is 0.944. The molecule has 0 spiro atoms. The third-order valence-corrected chi connectivity index (χ3v) is 2.45. The Hall–Kier alpha value is -0.573. The summed E-state index contributed by atoms with van der Waals surface area (Å²) in [7, 11) is -1.07. The van der Waals surface area contributed by atoms with Crippen LogP contribution >= 0.6 is 0 Å². The maximum Gasteiger partial charge on any atom is 0.327 e. The highest BCUT2D eigenvalue weighted by molar-refractivity contribution is 6.76. The van der Waals surface area contributed by atoms with Crippen LogP contribution in [0, 0.1) is 0 Å². The predicted octanol–water partition coefficient (Wildman–Crippen LogP) is 1.97. The van der Waals surface area contributed by atoms with Crippen molar-refractivity contribution in [3.63, 3.8) is 0 Å². The molecule has 0 aliphatic heterocycles. The quantitative estimate of drug-likeness (QED) is 0.503. The topological polar surface area (TPSA) is 37.3 Å². The van der Waals surface area contributed by atoms with Gasteiger partial charge in [-0.25, -0.2) is 4.79 Å². The van der Waals surface area contributed by atoms with E-state index in [9.17, 15) is 4.79 Å². The second kappa shape index (κ2) is 3.56. The smallest absolute Gasteiger partial charge is 0.327 e. The number of aliphatic carboxylic acids is 1. The van der Waals surface area contributed by atoms with Gasteiger partial charge >= 0.3 is 5.97 Å². The molecule has 0 aromatic carbocycles. The van der Waals surface area contributed by atoms with Crippen LogP contribution in [0.3, 0.4) is 0 Å². The van der Waals surface area contributed by atoms with Crippen molar-refractivity contribution < 1.29 is 9.90 Å². The van der Waals surface area contributed by atoms with E-state index in [1.807, 2.05) is 0 Å². The average Bonchev–Trinajstić information content (AvgIpc) is 1.59. The number of rotatable bonds is 3. The molecule has 0 bridgehead atoms. The van der Waals surface area contributed by atoms with Crippen LogP contribution in [0.25, 0.3) is 0 Å². The fourth-order valence-corrected chi connectivity index (χ4v) is 1.34. The SMILES string of the molecule is C[Si](C)(C)CC=CC(=O)O. The van der Waals surface area contributed by atoms with Gasteiger partial charge in [0.15, 0.2) is 0 Å². The van der Waals surface area contributed by atoms with Gasteiger partial charge in [-0.3, -0.25) is 0 Å². The third kappa shape index (κ3) is 7.43.